The zero-order valence-corrected chi connectivity index (χ0v) is 28.3. The maximum Gasteiger partial charge on any atom is 0.258 e. The molecule has 1 saturated heterocycles. The van der Waals surface area contributed by atoms with Crippen LogP contribution in [0.15, 0.2) is 60.0 Å². The number of fused-ring (bicyclic) bond motifs is 1. The van der Waals surface area contributed by atoms with Gasteiger partial charge in [0, 0.05) is 49.7 Å². The second-order valence-corrected chi connectivity index (χ2v) is 13.1. The SMILES string of the molecule is CCCN(CCC)S(=O)(=O)c1ccc(C(=O)Nc2ncc(Nc3ncnc4cc(OCCCN5CCOCC5)c(OC)cc34)cn2)cc1. The number of sulfonamides is 1. The lowest BCUT2D eigenvalue weighted by Crippen LogP contribution is -2.37. The molecule has 2 N–H and O–H groups in total. The Balaban J connectivity index is 1.20. The number of nitrogens with zero attached hydrogens (tertiary/aromatic N) is 6. The lowest BCUT2D eigenvalue weighted by atomic mass is 10.2. The van der Waals surface area contributed by atoms with Crippen molar-refractivity contribution in [2.45, 2.75) is 38.0 Å². The van der Waals surface area contributed by atoms with Gasteiger partial charge in [-0.25, -0.2) is 28.4 Å². The number of ether oxygens (including phenoxy) is 3. The molecule has 14 nitrogen and oxygen atoms in total. The van der Waals surface area contributed by atoms with Crippen molar-refractivity contribution in [1.29, 1.82) is 0 Å². The second-order valence-electron chi connectivity index (χ2n) is 11.2. The summed E-state index contributed by atoms with van der Waals surface area (Å²) in [4.78, 5) is 32.7. The molecule has 1 amide bonds. The largest absolute Gasteiger partial charge is 0.493 e. The maximum absolute atomic E-state index is 13.0. The van der Waals surface area contributed by atoms with Gasteiger partial charge in [-0.2, -0.15) is 4.31 Å². The fraction of sp³-hybridized carbons (Fsp3) is 0.424. The molecule has 0 spiro atoms. The van der Waals surface area contributed by atoms with Crippen LogP contribution < -0.4 is 20.1 Å². The molecule has 5 rings (SSSR count). The first-order valence-electron chi connectivity index (χ1n) is 16.1. The molecule has 48 heavy (non-hydrogen) atoms. The summed E-state index contributed by atoms with van der Waals surface area (Å²) in [6.45, 7) is 9.66. The van der Waals surface area contributed by atoms with Crippen LogP contribution in [0.3, 0.4) is 0 Å². The minimum absolute atomic E-state index is 0.0870. The van der Waals surface area contributed by atoms with Crippen LogP contribution in [-0.2, 0) is 14.8 Å². The standard InChI is InChI=1S/C33H42N8O6S/c1-4-11-41(12-5-2)48(43,44)26-9-7-24(8-10-26)32(42)39-33-34-21-25(22-35-33)38-31-27-19-29(45-3)30(20-28(27)36-23-37-31)47-16-6-13-40-14-17-46-18-15-40/h7-10,19-23H,4-6,11-18H2,1-3H3,(H,36,37,38)(H,34,35,39,42). The van der Waals surface area contributed by atoms with Gasteiger partial charge in [-0.05, 0) is 49.6 Å². The van der Waals surface area contributed by atoms with Crippen LogP contribution in [0, 0.1) is 0 Å². The molecular weight excluding hydrogens is 636 g/mol. The van der Waals surface area contributed by atoms with Crippen molar-refractivity contribution in [3.8, 4) is 11.5 Å². The molecule has 0 bridgehead atoms. The van der Waals surface area contributed by atoms with Crippen LogP contribution in [0.25, 0.3) is 10.9 Å². The Labute approximate surface area is 280 Å². The summed E-state index contributed by atoms with van der Waals surface area (Å²) in [6.07, 6.45) is 6.80. The number of morpholine rings is 1. The lowest BCUT2D eigenvalue weighted by Gasteiger charge is -2.26. The van der Waals surface area contributed by atoms with E-state index in [0.29, 0.717) is 66.4 Å². The summed E-state index contributed by atoms with van der Waals surface area (Å²) in [6, 6.07) is 9.50. The molecule has 0 saturated carbocycles. The van der Waals surface area contributed by atoms with Crippen molar-refractivity contribution in [2.24, 2.45) is 0 Å². The highest BCUT2D eigenvalue weighted by Crippen LogP contribution is 2.34. The van der Waals surface area contributed by atoms with Crippen molar-refractivity contribution < 1.29 is 27.4 Å². The van der Waals surface area contributed by atoms with E-state index in [4.69, 9.17) is 14.2 Å². The average Bonchev–Trinajstić information content (AvgIpc) is 3.11. The lowest BCUT2D eigenvalue weighted by molar-refractivity contribution is 0.0357. The van der Waals surface area contributed by atoms with E-state index in [-0.39, 0.29) is 16.4 Å². The van der Waals surface area contributed by atoms with E-state index in [1.54, 1.807) is 7.11 Å². The van der Waals surface area contributed by atoms with Gasteiger partial charge in [0.05, 0.1) is 55.4 Å². The molecule has 3 heterocycles. The maximum atomic E-state index is 13.0. The van der Waals surface area contributed by atoms with E-state index in [1.807, 2.05) is 26.0 Å². The smallest absolute Gasteiger partial charge is 0.258 e. The topological polar surface area (TPSA) is 161 Å². The zero-order chi connectivity index (χ0) is 33.9. The molecule has 0 atom stereocenters. The summed E-state index contributed by atoms with van der Waals surface area (Å²) in [5.41, 5.74) is 1.48. The molecule has 1 aliphatic rings. The average molecular weight is 679 g/mol. The Morgan fingerprint density at radius 3 is 2.35 bits per heavy atom. The van der Waals surface area contributed by atoms with Gasteiger partial charge in [0.1, 0.15) is 12.1 Å². The monoisotopic (exact) mass is 678 g/mol. The number of carbonyl (C=O) groups is 1. The van der Waals surface area contributed by atoms with Gasteiger partial charge in [-0.3, -0.25) is 15.0 Å². The number of anilines is 3. The molecule has 4 aromatic rings. The van der Waals surface area contributed by atoms with E-state index in [9.17, 15) is 13.2 Å². The van der Waals surface area contributed by atoms with Crippen molar-refractivity contribution in [3.63, 3.8) is 0 Å². The summed E-state index contributed by atoms with van der Waals surface area (Å²) in [5, 5.41) is 6.57. The Bertz CT molecular complexity index is 1760. The quantitative estimate of drug-likeness (QED) is 0.162. The summed E-state index contributed by atoms with van der Waals surface area (Å²) >= 11 is 0. The van der Waals surface area contributed by atoms with E-state index in [0.717, 1.165) is 39.3 Å². The molecule has 1 fully saturated rings. The Hall–Kier alpha value is -4.44. The van der Waals surface area contributed by atoms with Crippen molar-refractivity contribution >= 4 is 44.3 Å². The molecule has 2 aromatic heterocycles. The van der Waals surface area contributed by atoms with E-state index in [1.165, 1.54) is 47.3 Å². The summed E-state index contributed by atoms with van der Waals surface area (Å²) < 4.78 is 44.6. The van der Waals surface area contributed by atoms with Crippen LogP contribution >= 0.6 is 0 Å². The first kappa shape index (κ1) is 34.9. The molecular formula is C33H42N8O6S. The molecule has 0 unspecified atom stereocenters. The van der Waals surface area contributed by atoms with Crippen molar-refractivity contribution in [2.75, 3.05) is 70.3 Å². The second kappa shape index (κ2) is 16.6. The third-order valence-corrected chi connectivity index (χ3v) is 9.65. The third kappa shape index (κ3) is 8.72. The van der Waals surface area contributed by atoms with Crippen LogP contribution in [0.4, 0.5) is 17.5 Å². The van der Waals surface area contributed by atoms with Gasteiger partial charge >= 0.3 is 0 Å². The minimum atomic E-state index is -3.64. The van der Waals surface area contributed by atoms with Crippen LogP contribution in [0.1, 0.15) is 43.5 Å². The number of hydrogen-bond acceptors (Lipinski definition) is 12. The van der Waals surface area contributed by atoms with E-state index >= 15 is 0 Å². The van der Waals surface area contributed by atoms with Crippen LogP contribution in [-0.4, -0.2) is 103 Å². The molecule has 2 aromatic carbocycles. The first-order valence-corrected chi connectivity index (χ1v) is 17.5. The van der Waals surface area contributed by atoms with Gasteiger partial charge in [0.25, 0.3) is 5.91 Å². The van der Waals surface area contributed by atoms with Gasteiger partial charge in [0.2, 0.25) is 16.0 Å². The highest BCUT2D eigenvalue weighted by atomic mass is 32.2. The number of hydrogen-bond donors (Lipinski definition) is 2. The predicted octanol–water partition coefficient (Wildman–Crippen LogP) is 4.34. The highest BCUT2D eigenvalue weighted by molar-refractivity contribution is 7.89. The number of rotatable bonds is 16. The predicted molar refractivity (Wildman–Crippen MR) is 183 cm³/mol. The minimum Gasteiger partial charge on any atom is -0.493 e. The van der Waals surface area contributed by atoms with Crippen LogP contribution in [0.5, 0.6) is 11.5 Å². The number of nitrogens with one attached hydrogen (secondary N) is 2. The van der Waals surface area contributed by atoms with Gasteiger partial charge in [-0.1, -0.05) is 13.8 Å². The van der Waals surface area contributed by atoms with Crippen LogP contribution in [0.2, 0.25) is 0 Å². The molecule has 256 valence electrons. The van der Waals surface area contributed by atoms with Crippen molar-refractivity contribution in [1.82, 2.24) is 29.1 Å². The third-order valence-electron chi connectivity index (χ3n) is 7.74. The number of aromatic nitrogens is 4. The number of benzene rings is 2. The Kier molecular flexibility index (Phi) is 12.1. The molecule has 0 radical (unpaired) electrons. The van der Waals surface area contributed by atoms with Gasteiger partial charge < -0.3 is 19.5 Å². The van der Waals surface area contributed by atoms with Crippen molar-refractivity contribution in [3.05, 3.63) is 60.7 Å². The van der Waals surface area contributed by atoms with E-state index < -0.39 is 15.9 Å². The highest BCUT2D eigenvalue weighted by Gasteiger charge is 2.23. The summed E-state index contributed by atoms with van der Waals surface area (Å²) in [7, 11) is -2.06. The molecule has 0 aliphatic carbocycles. The molecule has 1 aliphatic heterocycles. The van der Waals surface area contributed by atoms with Gasteiger partial charge in [-0.15, -0.1) is 0 Å². The normalized spacial score (nSPS) is 13.8. The van der Waals surface area contributed by atoms with Gasteiger partial charge in [0.15, 0.2) is 11.5 Å². The zero-order valence-electron chi connectivity index (χ0n) is 27.5. The first-order chi connectivity index (χ1) is 23.3. The Morgan fingerprint density at radius 1 is 0.979 bits per heavy atom. The molecule has 15 heteroatoms. The number of carbonyl (C=O) groups excluding carboxylic acids is 1. The fourth-order valence-corrected chi connectivity index (χ4v) is 6.90. The fourth-order valence-electron chi connectivity index (χ4n) is 5.28. The summed E-state index contributed by atoms with van der Waals surface area (Å²) in [5.74, 6) is 1.30. The number of amides is 1. The number of methoxy groups -OCH3 is 1. The van der Waals surface area contributed by atoms with E-state index in [2.05, 4.69) is 35.5 Å². The Morgan fingerprint density at radius 2 is 1.69 bits per heavy atom.